The van der Waals surface area contributed by atoms with Gasteiger partial charge in [-0.2, -0.15) is 0 Å². The van der Waals surface area contributed by atoms with Crippen molar-refractivity contribution in [2.75, 3.05) is 0 Å². The predicted octanol–water partition coefficient (Wildman–Crippen LogP) is 1.23. The van der Waals surface area contributed by atoms with Gasteiger partial charge in [-0.25, -0.2) is 9.18 Å². The Morgan fingerprint density at radius 3 is 2.77 bits per heavy atom. The van der Waals surface area contributed by atoms with Gasteiger partial charge in [0.05, 0.1) is 6.42 Å². The second kappa shape index (κ2) is 4.28. The van der Waals surface area contributed by atoms with Crippen LogP contribution < -0.4 is 0 Å². The molecule has 1 aromatic carbocycles. The first-order valence-corrected chi connectivity index (χ1v) is 3.58. The van der Waals surface area contributed by atoms with Gasteiger partial charge in [-0.1, -0.05) is 18.2 Å². The third-order valence-corrected chi connectivity index (χ3v) is 1.47. The van der Waals surface area contributed by atoms with Gasteiger partial charge < -0.3 is 0 Å². The van der Waals surface area contributed by atoms with Gasteiger partial charge in [-0.05, 0) is 11.6 Å². The molecule has 0 aliphatic heterocycles. The number of halogens is 1. The SMILES string of the molecule is O=C=NC(=O)Cc1ccccc1F. The molecule has 1 rings (SSSR count). The second-order valence-corrected chi connectivity index (χ2v) is 2.37. The monoisotopic (exact) mass is 179 g/mol. The van der Waals surface area contributed by atoms with Gasteiger partial charge in [-0.3, -0.25) is 4.79 Å². The molecule has 0 aromatic heterocycles. The third-order valence-electron chi connectivity index (χ3n) is 1.47. The van der Waals surface area contributed by atoms with Crippen LogP contribution in [-0.4, -0.2) is 12.0 Å². The lowest BCUT2D eigenvalue weighted by Gasteiger charge is -1.96. The molecular formula is C9H6FNO2. The van der Waals surface area contributed by atoms with Crippen LogP contribution in [0, 0.1) is 5.82 Å². The number of rotatable bonds is 2. The number of benzene rings is 1. The Morgan fingerprint density at radius 2 is 2.15 bits per heavy atom. The number of carbonyl (C=O) groups excluding carboxylic acids is 2. The van der Waals surface area contributed by atoms with E-state index in [0.717, 1.165) is 6.08 Å². The summed E-state index contributed by atoms with van der Waals surface area (Å²) in [6, 6.07) is 5.84. The minimum Gasteiger partial charge on any atom is -0.271 e. The van der Waals surface area contributed by atoms with Crippen molar-refractivity contribution in [1.29, 1.82) is 0 Å². The van der Waals surface area contributed by atoms with E-state index in [9.17, 15) is 14.0 Å². The molecule has 4 heteroatoms. The molecule has 66 valence electrons. The number of hydrogen-bond donors (Lipinski definition) is 0. The summed E-state index contributed by atoms with van der Waals surface area (Å²) >= 11 is 0. The van der Waals surface area contributed by atoms with E-state index >= 15 is 0 Å². The fourth-order valence-electron chi connectivity index (χ4n) is 0.895. The molecule has 0 N–H and O–H groups in total. The van der Waals surface area contributed by atoms with Crippen molar-refractivity contribution in [3.05, 3.63) is 35.6 Å². The zero-order chi connectivity index (χ0) is 9.68. The van der Waals surface area contributed by atoms with Crippen LogP contribution in [0.25, 0.3) is 0 Å². The van der Waals surface area contributed by atoms with E-state index in [-0.39, 0.29) is 12.0 Å². The van der Waals surface area contributed by atoms with Gasteiger partial charge in [0.2, 0.25) is 6.08 Å². The molecule has 0 saturated carbocycles. The highest BCUT2D eigenvalue weighted by Gasteiger charge is 2.05. The lowest BCUT2D eigenvalue weighted by atomic mass is 10.1. The van der Waals surface area contributed by atoms with Crippen molar-refractivity contribution < 1.29 is 14.0 Å². The van der Waals surface area contributed by atoms with E-state index in [1.165, 1.54) is 18.2 Å². The number of hydrogen-bond acceptors (Lipinski definition) is 2. The van der Waals surface area contributed by atoms with Crippen molar-refractivity contribution in [3.8, 4) is 0 Å². The molecule has 0 atom stereocenters. The van der Waals surface area contributed by atoms with Crippen LogP contribution in [0.3, 0.4) is 0 Å². The highest BCUT2D eigenvalue weighted by molar-refractivity contribution is 5.83. The van der Waals surface area contributed by atoms with Crippen LogP contribution in [0.4, 0.5) is 4.39 Å². The predicted molar refractivity (Wildman–Crippen MR) is 43.2 cm³/mol. The van der Waals surface area contributed by atoms with Gasteiger partial charge in [0, 0.05) is 0 Å². The zero-order valence-electron chi connectivity index (χ0n) is 6.66. The largest absolute Gasteiger partial charge is 0.271 e. The highest BCUT2D eigenvalue weighted by atomic mass is 19.1. The summed E-state index contributed by atoms with van der Waals surface area (Å²) in [6.07, 6.45) is 0.904. The summed E-state index contributed by atoms with van der Waals surface area (Å²) in [7, 11) is 0. The van der Waals surface area contributed by atoms with Crippen LogP contribution in [-0.2, 0) is 16.0 Å². The van der Waals surface area contributed by atoms with Crippen LogP contribution in [0.5, 0.6) is 0 Å². The number of carbonyl (C=O) groups is 1. The Kier molecular flexibility index (Phi) is 3.06. The molecular weight excluding hydrogens is 173 g/mol. The molecule has 3 nitrogen and oxygen atoms in total. The van der Waals surface area contributed by atoms with E-state index in [0.29, 0.717) is 0 Å². The molecule has 1 amide bonds. The summed E-state index contributed by atoms with van der Waals surface area (Å²) in [4.78, 5) is 23.3. The normalized spacial score (nSPS) is 9.00. The van der Waals surface area contributed by atoms with Crippen molar-refractivity contribution in [1.82, 2.24) is 0 Å². The molecule has 0 spiro atoms. The fraction of sp³-hybridized carbons (Fsp3) is 0.111. The Morgan fingerprint density at radius 1 is 1.46 bits per heavy atom. The minimum absolute atomic E-state index is 0.206. The van der Waals surface area contributed by atoms with E-state index in [1.54, 1.807) is 6.07 Å². The van der Waals surface area contributed by atoms with E-state index in [1.807, 2.05) is 0 Å². The Labute approximate surface area is 73.9 Å². The number of nitrogens with zero attached hydrogens (tertiary/aromatic N) is 1. The molecule has 0 aliphatic rings. The zero-order valence-corrected chi connectivity index (χ0v) is 6.66. The molecule has 13 heavy (non-hydrogen) atoms. The van der Waals surface area contributed by atoms with E-state index in [4.69, 9.17) is 0 Å². The maximum Gasteiger partial charge on any atom is 0.260 e. The Balaban J connectivity index is 2.80. The smallest absolute Gasteiger partial charge is 0.260 e. The standard InChI is InChI=1S/C9H6FNO2/c10-8-4-2-1-3-7(8)5-9(13)11-6-12/h1-4H,5H2. The Bertz CT molecular complexity index is 370. The first-order chi connectivity index (χ1) is 6.24. The van der Waals surface area contributed by atoms with Gasteiger partial charge >= 0.3 is 0 Å². The molecule has 0 saturated heterocycles. The van der Waals surface area contributed by atoms with Crippen molar-refractivity contribution in [3.63, 3.8) is 0 Å². The third kappa shape index (κ3) is 2.61. The molecule has 0 unspecified atom stereocenters. The van der Waals surface area contributed by atoms with Crippen LogP contribution in [0.2, 0.25) is 0 Å². The highest BCUT2D eigenvalue weighted by Crippen LogP contribution is 2.07. The molecule has 0 bridgehead atoms. The first kappa shape index (κ1) is 9.29. The van der Waals surface area contributed by atoms with Crippen LogP contribution >= 0.6 is 0 Å². The molecule has 0 heterocycles. The first-order valence-electron chi connectivity index (χ1n) is 3.58. The van der Waals surface area contributed by atoms with E-state index in [2.05, 4.69) is 4.99 Å². The van der Waals surface area contributed by atoms with Gasteiger partial charge in [-0.15, -0.1) is 4.99 Å². The minimum atomic E-state index is -0.694. The number of aliphatic imine (C=N–C) groups is 1. The van der Waals surface area contributed by atoms with Crippen molar-refractivity contribution in [2.24, 2.45) is 4.99 Å². The number of amides is 1. The van der Waals surface area contributed by atoms with Crippen LogP contribution in [0.1, 0.15) is 5.56 Å². The molecule has 1 aromatic rings. The summed E-state index contributed by atoms with van der Waals surface area (Å²) in [5.74, 6) is -1.17. The lowest BCUT2D eigenvalue weighted by molar-refractivity contribution is -0.117. The van der Waals surface area contributed by atoms with Gasteiger partial charge in [0.25, 0.3) is 5.91 Å². The topological polar surface area (TPSA) is 46.5 Å². The van der Waals surface area contributed by atoms with Gasteiger partial charge in [0.1, 0.15) is 5.82 Å². The van der Waals surface area contributed by atoms with Crippen molar-refractivity contribution in [2.45, 2.75) is 6.42 Å². The lowest BCUT2D eigenvalue weighted by Crippen LogP contribution is -2.00. The summed E-state index contributed by atoms with van der Waals surface area (Å²) < 4.78 is 12.9. The summed E-state index contributed by atoms with van der Waals surface area (Å²) in [5, 5.41) is 0. The fourth-order valence-corrected chi connectivity index (χ4v) is 0.895. The van der Waals surface area contributed by atoms with Gasteiger partial charge in [0.15, 0.2) is 0 Å². The van der Waals surface area contributed by atoms with Crippen molar-refractivity contribution >= 4 is 12.0 Å². The number of isocyanates is 1. The molecule has 0 aliphatic carbocycles. The quantitative estimate of drug-likeness (QED) is 0.506. The second-order valence-electron chi connectivity index (χ2n) is 2.37. The average Bonchev–Trinajstić information content (AvgIpc) is 2.09. The maximum absolute atomic E-state index is 12.9. The maximum atomic E-state index is 12.9. The molecule has 0 radical (unpaired) electrons. The average molecular weight is 179 g/mol. The summed E-state index contributed by atoms with van der Waals surface area (Å²) in [5.41, 5.74) is 0.228. The van der Waals surface area contributed by atoms with E-state index < -0.39 is 11.7 Å². The van der Waals surface area contributed by atoms with Crippen LogP contribution in [0.15, 0.2) is 29.3 Å². The molecule has 0 fully saturated rings. The summed E-state index contributed by atoms with van der Waals surface area (Å²) in [6.45, 7) is 0. The Hall–Kier alpha value is -1.80.